The molecule has 0 radical (unpaired) electrons. The minimum atomic E-state index is -3.54. The Morgan fingerprint density at radius 2 is 2.32 bits per heavy atom. The van der Waals surface area contributed by atoms with Gasteiger partial charge in [-0.15, -0.1) is 11.3 Å². The van der Waals surface area contributed by atoms with Gasteiger partial charge in [0.05, 0.1) is 6.61 Å². The summed E-state index contributed by atoms with van der Waals surface area (Å²) in [5.41, 5.74) is 0.583. The van der Waals surface area contributed by atoms with Crippen LogP contribution < -0.4 is 4.72 Å². The maximum Gasteiger partial charge on any atom is 0.250 e. The van der Waals surface area contributed by atoms with Gasteiger partial charge in [-0.05, 0) is 17.0 Å². The molecule has 2 N–H and O–H groups in total. The van der Waals surface area contributed by atoms with Crippen LogP contribution in [0.5, 0.6) is 0 Å². The number of hydrogen-bond acceptors (Lipinski definition) is 7. The van der Waals surface area contributed by atoms with Gasteiger partial charge in [-0.25, -0.2) is 13.1 Å². The van der Waals surface area contributed by atoms with Crippen molar-refractivity contribution in [1.29, 1.82) is 0 Å². The molecule has 9 heteroatoms. The van der Waals surface area contributed by atoms with Crippen molar-refractivity contribution in [3.05, 3.63) is 28.7 Å². The number of sulfonamides is 1. The Balaban J connectivity index is 1.94. The third-order valence-electron chi connectivity index (χ3n) is 2.29. The largest absolute Gasteiger partial charge is 0.392 e. The molecule has 2 heterocycles. The lowest BCUT2D eigenvalue weighted by Gasteiger charge is -2.02. The van der Waals surface area contributed by atoms with Crippen LogP contribution in [0.3, 0.4) is 0 Å². The van der Waals surface area contributed by atoms with Gasteiger partial charge in [0.1, 0.15) is 4.21 Å². The smallest absolute Gasteiger partial charge is 0.250 e. The molecule has 0 amide bonds. The van der Waals surface area contributed by atoms with Gasteiger partial charge < -0.3 is 9.63 Å². The Hall–Kier alpha value is -1.29. The zero-order chi connectivity index (χ0) is 13.9. The molecule has 2 aromatic rings. The van der Waals surface area contributed by atoms with Crippen LogP contribution in [0.4, 0.5) is 0 Å². The van der Waals surface area contributed by atoms with Crippen LogP contribution in [0.2, 0.25) is 0 Å². The predicted molar refractivity (Wildman–Crippen MR) is 68.2 cm³/mol. The van der Waals surface area contributed by atoms with Crippen LogP contribution in [0.15, 0.2) is 20.2 Å². The topological polar surface area (TPSA) is 105 Å². The fourth-order valence-corrected chi connectivity index (χ4v) is 3.67. The molecule has 0 aliphatic heterocycles. The number of nitrogens with zero attached hydrogens (tertiary/aromatic N) is 2. The highest BCUT2D eigenvalue weighted by atomic mass is 32.2. The Bertz CT molecular complexity index is 647. The Morgan fingerprint density at radius 1 is 1.53 bits per heavy atom. The minimum Gasteiger partial charge on any atom is -0.392 e. The van der Waals surface area contributed by atoms with Crippen molar-refractivity contribution in [2.45, 2.75) is 24.2 Å². The van der Waals surface area contributed by atoms with Crippen LogP contribution in [0.1, 0.15) is 17.3 Å². The number of aliphatic hydroxyl groups excluding tert-OH is 1. The number of nitrogens with one attached hydrogen (secondary N) is 1. The number of aromatic nitrogens is 2. The van der Waals surface area contributed by atoms with E-state index in [1.807, 2.05) is 0 Å². The van der Waals surface area contributed by atoms with Crippen LogP contribution in [0.25, 0.3) is 0 Å². The molecule has 7 nitrogen and oxygen atoms in total. The van der Waals surface area contributed by atoms with E-state index in [4.69, 9.17) is 9.63 Å². The highest BCUT2D eigenvalue weighted by molar-refractivity contribution is 7.91. The standard InChI is InChI=1S/C10H13N3O4S2/c1-7-12-9(13-17-7)2-3-11-19(15,16)10-4-8(5-14)6-18-10/h4,6,11,14H,2-3,5H2,1H3. The summed E-state index contributed by atoms with van der Waals surface area (Å²) in [5.74, 6) is 0.908. The van der Waals surface area contributed by atoms with Crippen molar-refractivity contribution < 1.29 is 18.0 Å². The number of rotatable bonds is 6. The molecular weight excluding hydrogens is 290 g/mol. The molecule has 0 aromatic carbocycles. The summed E-state index contributed by atoms with van der Waals surface area (Å²) >= 11 is 1.07. The second-order valence-electron chi connectivity index (χ2n) is 3.81. The Kier molecular flexibility index (Phi) is 4.30. The lowest BCUT2D eigenvalue weighted by molar-refractivity contribution is 0.282. The maximum atomic E-state index is 11.9. The molecule has 0 unspecified atom stereocenters. The SMILES string of the molecule is Cc1nc(CCNS(=O)(=O)c2cc(CO)cs2)no1. The summed E-state index contributed by atoms with van der Waals surface area (Å²) in [4.78, 5) is 3.98. The molecule has 0 bridgehead atoms. The third kappa shape index (κ3) is 3.60. The van der Waals surface area contributed by atoms with E-state index in [0.29, 0.717) is 23.7 Å². The summed E-state index contributed by atoms with van der Waals surface area (Å²) in [6, 6.07) is 1.45. The van der Waals surface area contributed by atoms with E-state index >= 15 is 0 Å². The number of aliphatic hydroxyl groups is 1. The second-order valence-corrected chi connectivity index (χ2v) is 6.71. The van der Waals surface area contributed by atoms with E-state index in [2.05, 4.69) is 14.9 Å². The van der Waals surface area contributed by atoms with Crippen molar-refractivity contribution in [1.82, 2.24) is 14.9 Å². The van der Waals surface area contributed by atoms with Crippen molar-refractivity contribution in [3.63, 3.8) is 0 Å². The van der Waals surface area contributed by atoms with E-state index < -0.39 is 10.0 Å². The van der Waals surface area contributed by atoms with E-state index in [1.165, 1.54) is 6.07 Å². The molecular formula is C10H13N3O4S2. The Labute approximate surface area is 114 Å². The van der Waals surface area contributed by atoms with E-state index in [9.17, 15) is 8.42 Å². The fourth-order valence-electron chi connectivity index (χ4n) is 1.39. The molecule has 0 fully saturated rings. The first-order chi connectivity index (χ1) is 9.01. The molecule has 0 spiro atoms. The fraction of sp³-hybridized carbons (Fsp3) is 0.400. The summed E-state index contributed by atoms with van der Waals surface area (Å²) in [6.45, 7) is 1.69. The van der Waals surface area contributed by atoms with Crippen LogP contribution in [-0.2, 0) is 23.1 Å². The number of aryl methyl sites for hydroxylation is 1. The predicted octanol–water partition coefficient (Wildman–Crippen LogP) is 0.453. The molecule has 0 aliphatic carbocycles. The Morgan fingerprint density at radius 3 is 2.89 bits per heavy atom. The van der Waals surface area contributed by atoms with Crippen LogP contribution in [0, 0.1) is 6.92 Å². The molecule has 0 saturated carbocycles. The van der Waals surface area contributed by atoms with Gasteiger partial charge in [0, 0.05) is 19.9 Å². The van der Waals surface area contributed by atoms with Gasteiger partial charge in [0.15, 0.2) is 5.82 Å². The lowest BCUT2D eigenvalue weighted by atomic mass is 10.4. The lowest BCUT2D eigenvalue weighted by Crippen LogP contribution is -2.25. The van der Waals surface area contributed by atoms with E-state index in [0.717, 1.165) is 11.3 Å². The quantitative estimate of drug-likeness (QED) is 0.803. The van der Waals surface area contributed by atoms with Gasteiger partial charge in [0.2, 0.25) is 15.9 Å². The van der Waals surface area contributed by atoms with Crippen molar-refractivity contribution >= 4 is 21.4 Å². The maximum absolute atomic E-state index is 11.9. The minimum absolute atomic E-state index is 0.172. The van der Waals surface area contributed by atoms with Gasteiger partial charge in [0.25, 0.3) is 0 Å². The zero-order valence-corrected chi connectivity index (χ0v) is 11.8. The third-order valence-corrected chi connectivity index (χ3v) is 5.24. The van der Waals surface area contributed by atoms with Crippen LogP contribution >= 0.6 is 11.3 Å². The van der Waals surface area contributed by atoms with Crippen LogP contribution in [-0.4, -0.2) is 30.2 Å². The molecule has 0 saturated heterocycles. The molecule has 2 rings (SSSR count). The van der Waals surface area contributed by atoms with E-state index in [-0.39, 0.29) is 17.4 Å². The van der Waals surface area contributed by atoms with E-state index in [1.54, 1.807) is 12.3 Å². The van der Waals surface area contributed by atoms with Crippen molar-refractivity contribution in [2.24, 2.45) is 0 Å². The zero-order valence-electron chi connectivity index (χ0n) is 10.2. The average molecular weight is 303 g/mol. The van der Waals surface area contributed by atoms with Gasteiger partial charge in [-0.1, -0.05) is 5.16 Å². The van der Waals surface area contributed by atoms with Crippen molar-refractivity contribution in [3.8, 4) is 0 Å². The monoisotopic (exact) mass is 303 g/mol. The first-order valence-corrected chi connectivity index (χ1v) is 7.84. The van der Waals surface area contributed by atoms with Gasteiger partial charge in [-0.3, -0.25) is 0 Å². The highest BCUT2D eigenvalue weighted by Gasteiger charge is 2.16. The first-order valence-electron chi connectivity index (χ1n) is 5.48. The molecule has 19 heavy (non-hydrogen) atoms. The normalized spacial score (nSPS) is 11.9. The molecule has 0 atom stereocenters. The summed E-state index contributed by atoms with van der Waals surface area (Å²) in [7, 11) is -3.54. The summed E-state index contributed by atoms with van der Waals surface area (Å²) in [6.07, 6.45) is 0.356. The molecule has 104 valence electrons. The van der Waals surface area contributed by atoms with Crippen molar-refractivity contribution in [2.75, 3.05) is 6.54 Å². The molecule has 2 aromatic heterocycles. The summed E-state index contributed by atoms with van der Waals surface area (Å²) < 4.78 is 31.2. The second kappa shape index (κ2) is 5.78. The first kappa shape index (κ1) is 14.1. The number of thiophene rings is 1. The highest BCUT2D eigenvalue weighted by Crippen LogP contribution is 2.19. The van der Waals surface area contributed by atoms with Gasteiger partial charge >= 0.3 is 0 Å². The average Bonchev–Trinajstić information content (AvgIpc) is 2.98. The molecule has 0 aliphatic rings. The summed E-state index contributed by atoms with van der Waals surface area (Å²) in [5, 5.41) is 14.2. The van der Waals surface area contributed by atoms with Gasteiger partial charge in [-0.2, -0.15) is 4.98 Å². The number of hydrogen-bond donors (Lipinski definition) is 2.